The highest BCUT2D eigenvalue weighted by atomic mass is 15.2. The topological polar surface area (TPSA) is 94.4 Å². The standard InChI is InChI=1S/C60H35N7/c61-36-38-24-29-47-48-30-25-39(37-62)33-53(48)60(52(47)32-38)51-23-13-12-22-49(51)56-55(60)50-31-28-46(66(44-18-6-2-7-19-44)45-20-8-3-9-21-45)35-54(50)67(56)59-64-57(41-15-4-1-5-16-41)63-58(65-59)43-27-26-40-14-10-11-17-42(40)34-43/h1-35H. The summed E-state index contributed by atoms with van der Waals surface area (Å²) in [6.45, 7) is 0. The lowest BCUT2D eigenvalue weighted by molar-refractivity contribution is 0.799. The highest BCUT2D eigenvalue weighted by Gasteiger charge is 2.54. The number of nitriles is 2. The zero-order valence-electron chi connectivity index (χ0n) is 35.8. The van der Waals surface area contributed by atoms with E-state index in [2.05, 4.69) is 155 Å². The van der Waals surface area contributed by atoms with Crippen LogP contribution < -0.4 is 4.90 Å². The zero-order valence-corrected chi connectivity index (χ0v) is 35.8. The molecular formula is C60H35N7. The van der Waals surface area contributed by atoms with Crippen molar-refractivity contribution in [2.45, 2.75) is 5.41 Å². The predicted octanol–water partition coefficient (Wildman–Crippen LogP) is 13.9. The number of fused-ring (bicyclic) bond motifs is 13. The van der Waals surface area contributed by atoms with E-state index in [9.17, 15) is 10.5 Å². The van der Waals surface area contributed by atoms with Crippen molar-refractivity contribution in [3.05, 3.63) is 246 Å². The molecular weight excluding hydrogens is 819 g/mol. The molecule has 0 bridgehead atoms. The normalized spacial score (nSPS) is 12.6. The van der Waals surface area contributed by atoms with E-state index in [0.29, 0.717) is 28.7 Å². The van der Waals surface area contributed by atoms with E-state index >= 15 is 0 Å². The fourth-order valence-electron chi connectivity index (χ4n) is 10.7. The van der Waals surface area contributed by atoms with Gasteiger partial charge in [0, 0.05) is 44.7 Å². The highest BCUT2D eigenvalue weighted by molar-refractivity contribution is 6.06. The molecule has 67 heavy (non-hydrogen) atoms. The van der Waals surface area contributed by atoms with Gasteiger partial charge in [-0.3, -0.25) is 4.57 Å². The van der Waals surface area contributed by atoms with Crippen LogP contribution in [0.25, 0.3) is 72.8 Å². The fourth-order valence-corrected chi connectivity index (χ4v) is 10.7. The molecule has 0 saturated heterocycles. The number of benzene rings is 9. The summed E-state index contributed by atoms with van der Waals surface area (Å²) in [6, 6.07) is 77.7. The van der Waals surface area contributed by atoms with E-state index in [1.54, 1.807) is 0 Å². The van der Waals surface area contributed by atoms with Gasteiger partial charge in [-0.25, -0.2) is 4.98 Å². The molecule has 0 amide bonds. The minimum Gasteiger partial charge on any atom is -0.310 e. The molecule has 1 spiro atoms. The Kier molecular flexibility index (Phi) is 8.42. The summed E-state index contributed by atoms with van der Waals surface area (Å²) in [7, 11) is 0. The van der Waals surface area contributed by atoms with Crippen LogP contribution in [0.5, 0.6) is 0 Å². The van der Waals surface area contributed by atoms with Gasteiger partial charge in [0.2, 0.25) is 5.95 Å². The maximum atomic E-state index is 10.5. The number of hydrogen-bond acceptors (Lipinski definition) is 6. The first-order valence-corrected chi connectivity index (χ1v) is 22.2. The van der Waals surface area contributed by atoms with Gasteiger partial charge >= 0.3 is 0 Å². The Hall–Kier alpha value is -9.43. The van der Waals surface area contributed by atoms with Gasteiger partial charge in [-0.1, -0.05) is 146 Å². The van der Waals surface area contributed by atoms with Crippen molar-refractivity contribution >= 4 is 38.7 Å². The average Bonchev–Trinajstić information content (AvgIpc) is 4.00. The summed E-state index contributed by atoms with van der Waals surface area (Å²) >= 11 is 0. The Labute approximate surface area is 386 Å². The molecule has 0 N–H and O–H groups in total. The third-order valence-electron chi connectivity index (χ3n) is 13.5. The third kappa shape index (κ3) is 5.66. The van der Waals surface area contributed by atoms with Gasteiger partial charge in [-0.05, 0) is 105 Å². The van der Waals surface area contributed by atoms with Gasteiger partial charge in [-0.2, -0.15) is 20.5 Å². The second-order valence-corrected chi connectivity index (χ2v) is 17.0. The fraction of sp³-hybridized carbons (Fsp3) is 0.0167. The maximum absolute atomic E-state index is 10.5. The summed E-state index contributed by atoms with van der Waals surface area (Å²) in [5, 5.41) is 24.1. The van der Waals surface area contributed by atoms with Gasteiger partial charge in [0.1, 0.15) is 0 Å². The molecule has 2 heterocycles. The first kappa shape index (κ1) is 38.1. The monoisotopic (exact) mass is 853 g/mol. The van der Waals surface area contributed by atoms with E-state index in [-0.39, 0.29) is 0 Å². The van der Waals surface area contributed by atoms with Gasteiger partial charge in [0.05, 0.1) is 39.9 Å². The van der Waals surface area contributed by atoms with Crippen LogP contribution in [0.4, 0.5) is 17.1 Å². The molecule has 7 heteroatoms. The van der Waals surface area contributed by atoms with E-state index in [0.717, 1.165) is 94.5 Å². The van der Waals surface area contributed by atoms with Crippen LogP contribution in [0.1, 0.15) is 33.4 Å². The Bertz CT molecular complexity index is 3800. The number of aromatic nitrogens is 4. The molecule has 13 rings (SSSR count). The van der Waals surface area contributed by atoms with Gasteiger partial charge in [-0.15, -0.1) is 0 Å². The summed E-state index contributed by atoms with van der Waals surface area (Å²) in [6.07, 6.45) is 0. The molecule has 2 aliphatic carbocycles. The quantitative estimate of drug-likeness (QED) is 0.165. The van der Waals surface area contributed by atoms with Crippen molar-refractivity contribution in [2.24, 2.45) is 0 Å². The van der Waals surface area contributed by atoms with E-state index in [1.807, 2.05) is 78.9 Å². The molecule has 310 valence electrons. The maximum Gasteiger partial charge on any atom is 0.238 e. The van der Waals surface area contributed by atoms with E-state index in [4.69, 9.17) is 15.0 Å². The molecule has 0 atom stereocenters. The first-order chi connectivity index (χ1) is 33.1. The summed E-state index contributed by atoms with van der Waals surface area (Å²) < 4.78 is 2.23. The van der Waals surface area contributed by atoms with Crippen LogP contribution in [0.15, 0.2) is 212 Å². The van der Waals surface area contributed by atoms with Crippen molar-refractivity contribution in [1.82, 2.24) is 19.5 Å². The molecule has 7 nitrogen and oxygen atoms in total. The SMILES string of the molecule is N#Cc1ccc2c(c1)C1(c3cc(C#N)ccc3-2)c2ccccc2-c2c1c1ccc(N(c3ccccc3)c3ccccc3)cc1n2-c1nc(-c2ccccc2)nc(-c2ccc3ccccc3c2)n1. The van der Waals surface area contributed by atoms with Crippen LogP contribution in [-0.4, -0.2) is 19.5 Å². The minimum absolute atomic E-state index is 0.466. The highest BCUT2D eigenvalue weighted by Crippen LogP contribution is 2.65. The van der Waals surface area contributed by atoms with Crippen LogP contribution in [0.2, 0.25) is 0 Å². The Morgan fingerprint density at radius 3 is 1.67 bits per heavy atom. The smallest absolute Gasteiger partial charge is 0.238 e. The second-order valence-electron chi connectivity index (χ2n) is 17.0. The Morgan fingerprint density at radius 2 is 1.01 bits per heavy atom. The molecule has 0 fully saturated rings. The Balaban J connectivity index is 1.19. The molecule has 9 aromatic carbocycles. The zero-order chi connectivity index (χ0) is 44.6. The lowest BCUT2D eigenvalue weighted by Gasteiger charge is -2.30. The largest absolute Gasteiger partial charge is 0.310 e. The van der Waals surface area contributed by atoms with Crippen molar-refractivity contribution in [3.63, 3.8) is 0 Å². The molecule has 0 unspecified atom stereocenters. The summed E-state index contributed by atoms with van der Waals surface area (Å²) in [4.78, 5) is 18.4. The number of hydrogen-bond donors (Lipinski definition) is 0. The Morgan fingerprint density at radius 1 is 0.433 bits per heavy atom. The number of nitrogens with zero attached hydrogens (tertiary/aromatic N) is 7. The van der Waals surface area contributed by atoms with Gasteiger partial charge in [0.15, 0.2) is 11.6 Å². The van der Waals surface area contributed by atoms with Crippen LogP contribution in [-0.2, 0) is 5.41 Å². The summed E-state index contributed by atoms with van der Waals surface area (Å²) in [5.74, 6) is 1.56. The second kappa shape index (κ2) is 14.8. The van der Waals surface area contributed by atoms with Crippen molar-refractivity contribution in [1.29, 1.82) is 10.5 Å². The average molecular weight is 854 g/mol. The first-order valence-electron chi connectivity index (χ1n) is 22.2. The van der Waals surface area contributed by atoms with Gasteiger partial charge < -0.3 is 4.90 Å². The molecule has 11 aromatic rings. The molecule has 2 aromatic heterocycles. The molecule has 2 aliphatic rings. The number of anilines is 3. The molecule has 0 aliphatic heterocycles. The molecule has 0 radical (unpaired) electrons. The minimum atomic E-state index is -0.906. The van der Waals surface area contributed by atoms with Crippen LogP contribution in [0, 0.1) is 22.7 Å². The van der Waals surface area contributed by atoms with Crippen molar-refractivity contribution in [2.75, 3.05) is 4.90 Å². The van der Waals surface area contributed by atoms with Crippen LogP contribution in [0.3, 0.4) is 0 Å². The number of para-hydroxylation sites is 2. The lowest BCUT2D eigenvalue weighted by Crippen LogP contribution is -2.26. The summed E-state index contributed by atoms with van der Waals surface area (Å²) in [5.41, 5.74) is 13.9. The lowest BCUT2D eigenvalue weighted by atomic mass is 9.69. The van der Waals surface area contributed by atoms with Crippen molar-refractivity contribution in [3.8, 4) is 63.2 Å². The predicted molar refractivity (Wildman–Crippen MR) is 265 cm³/mol. The van der Waals surface area contributed by atoms with Crippen molar-refractivity contribution < 1.29 is 0 Å². The van der Waals surface area contributed by atoms with E-state index < -0.39 is 5.41 Å². The number of rotatable bonds is 6. The van der Waals surface area contributed by atoms with E-state index in [1.165, 1.54) is 0 Å². The molecule has 0 saturated carbocycles. The van der Waals surface area contributed by atoms with Crippen LogP contribution >= 0.6 is 0 Å². The third-order valence-corrected chi connectivity index (χ3v) is 13.5. The van der Waals surface area contributed by atoms with Gasteiger partial charge in [0.25, 0.3) is 0 Å².